The van der Waals surface area contributed by atoms with E-state index >= 15 is 0 Å². The van der Waals surface area contributed by atoms with Crippen molar-refractivity contribution in [2.24, 2.45) is 0 Å². The van der Waals surface area contributed by atoms with Gasteiger partial charge in [0.2, 0.25) is 5.95 Å². The molecule has 4 rings (SSSR count). The number of fused-ring (bicyclic) bond motifs is 2. The Labute approximate surface area is 141 Å². The maximum atomic E-state index is 12.6. The van der Waals surface area contributed by atoms with Crippen LogP contribution in [0, 0.1) is 0 Å². The van der Waals surface area contributed by atoms with Gasteiger partial charge in [0.1, 0.15) is 0 Å². The van der Waals surface area contributed by atoms with Crippen molar-refractivity contribution in [1.82, 2.24) is 14.5 Å². The number of nitrogens with zero attached hydrogens (tertiary/aromatic N) is 2. The van der Waals surface area contributed by atoms with E-state index in [4.69, 9.17) is 4.74 Å². The summed E-state index contributed by atoms with van der Waals surface area (Å²) in [6.07, 6.45) is 0. The van der Waals surface area contributed by atoms with E-state index in [0.29, 0.717) is 35.3 Å². The van der Waals surface area contributed by atoms with E-state index in [-0.39, 0.29) is 23.7 Å². The lowest BCUT2D eigenvalue weighted by atomic mass is 10.1. The number of carbonyl (C=O) groups is 1. The average Bonchev–Trinajstić information content (AvgIpc) is 2.62. The van der Waals surface area contributed by atoms with Crippen molar-refractivity contribution in [1.29, 1.82) is 0 Å². The van der Waals surface area contributed by atoms with E-state index in [9.17, 15) is 14.4 Å². The SMILES string of the molecule is O=C(Nc1nc2ccccc2c(=O)[nH]1)c1ccc(=O)n2c1COCC2. The maximum Gasteiger partial charge on any atom is 0.260 e. The summed E-state index contributed by atoms with van der Waals surface area (Å²) in [6.45, 7) is 1.01. The van der Waals surface area contributed by atoms with Crippen LogP contribution in [-0.2, 0) is 17.9 Å². The van der Waals surface area contributed by atoms with Crippen molar-refractivity contribution in [3.63, 3.8) is 0 Å². The van der Waals surface area contributed by atoms with Gasteiger partial charge in [-0.3, -0.25) is 24.7 Å². The maximum absolute atomic E-state index is 12.6. The number of hydrogen-bond acceptors (Lipinski definition) is 5. The molecule has 126 valence electrons. The minimum atomic E-state index is -0.465. The number of anilines is 1. The number of H-pyrrole nitrogens is 1. The molecular formula is C17H14N4O4. The molecule has 0 bridgehead atoms. The fourth-order valence-electron chi connectivity index (χ4n) is 2.87. The number of hydrogen-bond donors (Lipinski definition) is 2. The largest absolute Gasteiger partial charge is 0.373 e. The fraction of sp³-hybridized carbons (Fsp3) is 0.176. The molecule has 0 radical (unpaired) electrons. The van der Waals surface area contributed by atoms with Crippen LogP contribution in [0.5, 0.6) is 0 Å². The van der Waals surface area contributed by atoms with Crippen molar-refractivity contribution in [2.75, 3.05) is 11.9 Å². The minimum absolute atomic E-state index is 0.0513. The summed E-state index contributed by atoms with van der Waals surface area (Å²) in [5.74, 6) is -0.414. The highest BCUT2D eigenvalue weighted by Gasteiger charge is 2.20. The van der Waals surface area contributed by atoms with Gasteiger partial charge in [-0.25, -0.2) is 4.98 Å². The molecule has 0 fully saturated rings. The number of carbonyl (C=O) groups excluding carboxylic acids is 1. The standard InChI is InChI=1S/C17H14N4O4/c22-14-6-5-11(13-9-25-8-7-21(13)14)16(24)20-17-18-12-4-2-1-3-10(12)15(23)19-17/h1-6H,7-9H2,(H2,18,19,20,23,24). The number of para-hydroxylation sites is 1. The second kappa shape index (κ2) is 5.99. The highest BCUT2D eigenvalue weighted by molar-refractivity contribution is 6.04. The van der Waals surface area contributed by atoms with Crippen molar-refractivity contribution in [3.05, 3.63) is 68.4 Å². The molecule has 3 aromatic rings. The lowest BCUT2D eigenvalue weighted by Gasteiger charge is -2.21. The Hall–Kier alpha value is -3.26. The Bertz CT molecular complexity index is 1100. The van der Waals surface area contributed by atoms with E-state index in [1.54, 1.807) is 24.3 Å². The summed E-state index contributed by atoms with van der Waals surface area (Å²) in [6, 6.07) is 9.66. The first kappa shape index (κ1) is 15.3. The van der Waals surface area contributed by atoms with Crippen molar-refractivity contribution < 1.29 is 9.53 Å². The molecular weight excluding hydrogens is 324 g/mol. The number of amides is 1. The molecule has 0 spiro atoms. The molecule has 0 aliphatic carbocycles. The smallest absolute Gasteiger partial charge is 0.260 e. The monoisotopic (exact) mass is 338 g/mol. The minimum Gasteiger partial charge on any atom is -0.373 e. The molecule has 2 aromatic heterocycles. The quantitative estimate of drug-likeness (QED) is 0.721. The molecule has 8 heteroatoms. The van der Waals surface area contributed by atoms with Gasteiger partial charge in [-0.2, -0.15) is 0 Å². The van der Waals surface area contributed by atoms with Gasteiger partial charge in [0.25, 0.3) is 17.0 Å². The van der Waals surface area contributed by atoms with E-state index in [1.807, 2.05) is 0 Å². The van der Waals surface area contributed by atoms with Gasteiger partial charge in [0.05, 0.1) is 35.4 Å². The first-order valence-electron chi connectivity index (χ1n) is 7.74. The molecule has 1 aliphatic heterocycles. The highest BCUT2D eigenvalue weighted by atomic mass is 16.5. The van der Waals surface area contributed by atoms with E-state index in [2.05, 4.69) is 15.3 Å². The van der Waals surface area contributed by atoms with Crippen LogP contribution in [-0.4, -0.2) is 27.0 Å². The Balaban J connectivity index is 1.72. The topological polar surface area (TPSA) is 106 Å². The third-order valence-electron chi connectivity index (χ3n) is 4.08. The number of aromatic amines is 1. The van der Waals surface area contributed by atoms with Crippen LogP contribution < -0.4 is 16.4 Å². The summed E-state index contributed by atoms with van der Waals surface area (Å²) in [5.41, 5.74) is 0.799. The van der Waals surface area contributed by atoms with E-state index < -0.39 is 5.91 Å². The first-order chi connectivity index (χ1) is 12.1. The van der Waals surface area contributed by atoms with Crippen LogP contribution in [0.15, 0.2) is 46.0 Å². The molecule has 3 heterocycles. The molecule has 0 unspecified atom stereocenters. The Morgan fingerprint density at radius 3 is 2.92 bits per heavy atom. The zero-order valence-corrected chi connectivity index (χ0v) is 13.1. The van der Waals surface area contributed by atoms with Crippen molar-refractivity contribution in [3.8, 4) is 0 Å². The molecule has 1 aliphatic rings. The number of aromatic nitrogens is 3. The molecule has 1 amide bonds. The second-order valence-corrected chi connectivity index (χ2v) is 5.62. The van der Waals surface area contributed by atoms with Gasteiger partial charge in [0, 0.05) is 12.6 Å². The van der Waals surface area contributed by atoms with Gasteiger partial charge in [0.15, 0.2) is 0 Å². The first-order valence-corrected chi connectivity index (χ1v) is 7.74. The van der Waals surface area contributed by atoms with Crippen LogP contribution >= 0.6 is 0 Å². The molecule has 0 atom stereocenters. The number of rotatable bonds is 2. The van der Waals surface area contributed by atoms with Gasteiger partial charge in [-0.05, 0) is 18.2 Å². The molecule has 1 aromatic carbocycles. The summed E-state index contributed by atoms with van der Waals surface area (Å²) < 4.78 is 6.88. The van der Waals surface area contributed by atoms with Gasteiger partial charge >= 0.3 is 0 Å². The normalized spacial score (nSPS) is 13.4. The van der Waals surface area contributed by atoms with E-state index in [1.165, 1.54) is 16.7 Å². The number of nitrogens with one attached hydrogen (secondary N) is 2. The number of benzene rings is 1. The predicted octanol–water partition coefficient (Wildman–Crippen LogP) is 0.867. The summed E-state index contributed by atoms with van der Waals surface area (Å²) in [5, 5.41) is 3.03. The fourth-order valence-corrected chi connectivity index (χ4v) is 2.87. The zero-order chi connectivity index (χ0) is 17.4. The summed E-state index contributed by atoms with van der Waals surface area (Å²) in [7, 11) is 0. The molecule has 25 heavy (non-hydrogen) atoms. The third kappa shape index (κ3) is 2.72. The number of ether oxygens (including phenoxy) is 1. The van der Waals surface area contributed by atoms with Gasteiger partial charge in [-0.1, -0.05) is 12.1 Å². The molecule has 2 N–H and O–H groups in total. The summed E-state index contributed by atoms with van der Waals surface area (Å²) >= 11 is 0. The average molecular weight is 338 g/mol. The lowest BCUT2D eigenvalue weighted by Crippen LogP contribution is -2.32. The zero-order valence-electron chi connectivity index (χ0n) is 13.1. The van der Waals surface area contributed by atoms with Gasteiger partial charge in [-0.15, -0.1) is 0 Å². The highest BCUT2D eigenvalue weighted by Crippen LogP contribution is 2.14. The van der Waals surface area contributed by atoms with Crippen LogP contribution in [0.4, 0.5) is 5.95 Å². The van der Waals surface area contributed by atoms with Crippen molar-refractivity contribution >= 4 is 22.8 Å². The van der Waals surface area contributed by atoms with Crippen LogP contribution in [0.25, 0.3) is 10.9 Å². The Morgan fingerprint density at radius 2 is 2.04 bits per heavy atom. The molecule has 8 nitrogen and oxygen atoms in total. The second-order valence-electron chi connectivity index (χ2n) is 5.62. The van der Waals surface area contributed by atoms with Crippen LogP contribution in [0.2, 0.25) is 0 Å². The Morgan fingerprint density at radius 1 is 1.20 bits per heavy atom. The summed E-state index contributed by atoms with van der Waals surface area (Å²) in [4.78, 5) is 43.4. The molecule has 0 saturated carbocycles. The van der Waals surface area contributed by atoms with Gasteiger partial charge < -0.3 is 9.30 Å². The lowest BCUT2D eigenvalue weighted by molar-refractivity contribution is 0.0798. The Kier molecular flexibility index (Phi) is 3.66. The molecule has 0 saturated heterocycles. The number of pyridine rings is 1. The van der Waals surface area contributed by atoms with Crippen LogP contribution in [0.1, 0.15) is 16.1 Å². The van der Waals surface area contributed by atoms with Crippen LogP contribution in [0.3, 0.4) is 0 Å². The van der Waals surface area contributed by atoms with E-state index in [0.717, 1.165) is 0 Å². The van der Waals surface area contributed by atoms with Crippen molar-refractivity contribution in [2.45, 2.75) is 13.2 Å². The third-order valence-corrected chi connectivity index (χ3v) is 4.08. The predicted molar refractivity (Wildman–Crippen MR) is 90.7 cm³/mol.